The fourth-order valence-corrected chi connectivity index (χ4v) is 6.04. The van der Waals surface area contributed by atoms with Gasteiger partial charge in [-0.05, 0) is 62.1 Å². The third-order valence-electron chi connectivity index (χ3n) is 9.27. The van der Waals surface area contributed by atoms with Gasteiger partial charge in [0.25, 0.3) is 0 Å². The van der Waals surface area contributed by atoms with Gasteiger partial charge in [0.15, 0.2) is 5.96 Å². The topological polar surface area (TPSA) is 331 Å². The van der Waals surface area contributed by atoms with Gasteiger partial charge in [-0.15, -0.1) is 0 Å². The second-order valence-electron chi connectivity index (χ2n) is 14.7. The predicted molar refractivity (Wildman–Crippen MR) is 208 cm³/mol. The van der Waals surface area contributed by atoms with Crippen LogP contribution in [0.5, 0.6) is 5.75 Å². The smallest absolute Gasteiger partial charge is 0.305 e. The summed E-state index contributed by atoms with van der Waals surface area (Å²) in [6.07, 6.45) is 0.980. The van der Waals surface area contributed by atoms with Crippen molar-refractivity contribution in [3.8, 4) is 5.75 Å². The molecule has 0 spiro atoms. The summed E-state index contributed by atoms with van der Waals surface area (Å²) in [5, 5.41) is 31.6. The molecule has 0 bridgehead atoms. The number of nitrogens with zero attached hydrogens (tertiary/aromatic N) is 2. The molecule has 0 aromatic heterocycles. The molecule has 0 radical (unpaired) electrons. The van der Waals surface area contributed by atoms with E-state index in [1.807, 2.05) is 0 Å². The Morgan fingerprint density at radius 3 is 2.04 bits per heavy atom. The zero-order valence-electron chi connectivity index (χ0n) is 33.0. The summed E-state index contributed by atoms with van der Waals surface area (Å²) in [6.45, 7) is 8.55. The van der Waals surface area contributed by atoms with Gasteiger partial charge in [0.05, 0.1) is 18.5 Å². The summed E-state index contributed by atoms with van der Waals surface area (Å²) in [5.41, 5.74) is 17.3. The number of aliphatic carboxylic acids is 1. The standard InChI is InChI=1S/C37H58N10O10/c1-19(2)29(35(56)46-30(20(3)4)36(57)47-15-7-9-27(47)34(55)43-23(18-48)17-28(50)51)45-31(52)21(5)42-33(54)26(16-22-10-12-24(49)13-11-22)44-32(53)25(38)8-6-14-41-37(39)40/h10-13,18-21,23,25-27,29-30,49H,6-9,14-17,38H2,1-5H3,(H,42,54)(H,43,55)(H,44,53)(H,45,52)(H,46,56)(H,50,51)(H4,39,40,41)/t21-,23-,25-,26-,27-,29-,30-/m0/s1. The Balaban J connectivity index is 2.16. The number of hydrogen-bond acceptors (Lipinski definition) is 11. The number of aliphatic imine (C=N–C) groups is 1. The summed E-state index contributed by atoms with van der Waals surface area (Å²) in [5.74, 6) is -6.40. The number of carbonyl (C=O) groups excluding carboxylic acids is 7. The van der Waals surface area contributed by atoms with E-state index in [9.17, 15) is 43.5 Å². The summed E-state index contributed by atoms with van der Waals surface area (Å²) in [7, 11) is 0. The first-order chi connectivity index (χ1) is 26.7. The van der Waals surface area contributed by atoms with Crippen LogP contribution in [0.4, 0.5) is 0 Å². The van der Waals surface area contributed by atoms with Gasteiger partial charge in [0, 0.05) is 19.5 Å². The van der Waals surface area contributed by atoms with Gasteiger partial charge in [-0.3, -0.25) is 38.6 Å². The van der Waals surface area contributed by atoms with Crippen LogP contribution in [0.25, 0.3) is 0 Å². The maximum Gasteiger partial charge on any atom is 0.305 e. The van der Waals surface area contributed by atoms with Gasteiger partial charge in [-0.1, -0.05) is 39.8 Å². The van der Waals surface area contributed by atoms with Crippen LogP contribution < -0.4 is 43.8 Å². The summed E-state index contributed by atoms with van der Waals surface area (Å²) in [6, 6.07) is -2.00. The molecular weight excluding hydrogens is 744 g/mol. The first-order valence-electron chi connectivity index (χ1n) is 18.8. The van der Waals surface area contributed by atoms with Crippen molar-refractivity contribution in [2.75, 3.05) is 13.1 Å². The van der Waals surface area contributed by atoms with E-state index in [1.54, 1.807) is 39.8 Å². The third-order valence-corrected chi connectivity index (χ3v) is 9.27. The molecule has 13 N–H and O–H groups in total. The average molecular weight is 803 g/mol. The van der Waals surface area contributed by atoms with Crippen LogP contribution >= 0.6 is 0 Å². The van der Waals surface area contributed by atoms with Crippen molar-refractivity contribution in [1.29, 1.82) is 0 Å². The highest BCUT2D eigenvalue weighted by molar-refractivity contribution is 5.97. The Morgan fingerprint density at radius 1 is 0.860 bits per heavy atom. The molecule has 1 aliphatic rings. The summed E-state index contributed by atoms with van der Waals surface area (Å²) in [4.78, 5) is 108. The number of nitrogens with two attached hydrogens (primary N) is 3. The Hall–Kier alpha value is -5.79. The molecule has 20 nitrogen and oxygen atoms in total. The van der Waals surface area contributed by atoms with Crippen LogP contribution in [-0.4, -0.2) is 124 Å². The number of benzene rings is 1. The molecule has 7 atom stereocenters. The Labute approximate surface area is 331 Å². The number of amides is 6. The van der Waals surface area contributed by atoms with Gasteiger partial charge in [0.1, 0.15) is 42.2 Å². The molecule has 1 fully saturated rings. The summed E-state index contributed by atoms with van der Waals surface area (Å²) < 4.78 is 0. The highest BCUT2D eigenvalue weighted by atomic mass is 16.4. The quantitative estimate of drug-likeness (QED) is 0.0256. The Morgan fingerprint density at radius 2 is 1.47 bits per heavy atom. The van der Waals surface area contributed by atoms with Crippen molar-refractivity contribution in [3.05, 3.63) is 29.8 Å². The molecule has 20 heteroatoms. The number of nitrogens with one attached hydrogen (secondary N) is 5. The van der Waals surface area contributed by atoms with Crippen molar-refractivity contribution in [1.82, 2.24) is 31.5 Å². The molecule has 57 heavy (non-hydrogen) atoms. The largest absolute Gasteiger partial charge is 0.508 e. The molecular formula is C37H58N10O10. The monoisotopic (exact) mass is 802 g/mol. The lowest BCUT2D eigenvalue weighted by Gasteiger charge is -2.32. The molecule has 1 aromatic rings. The maximum absolute atomic E-state index is 13.8. The van der Waals surface area contributed by atoms with E-state index in [1.165, 1.54) is 24.0 Å². The fourth-order valence-electron chi connectivity index (χ4n) is 6.04. The van der Waals surface area contributed by atoms with Crippen molar-refractivity contribution < 1.29 is 48.6 Å². The molecule has 1 aromatic carbocycles. The second-order valence-corrected chi connectivity index (χ2v) is 14.7. The number of aldehydes is 1. The van der Waals surface area contributed by atoms with Crippen LogP contribution in [0.15, 0.2) is 29.3 Å². The number of hydrogen-bond donors (Lipinski definition) is 10. The number of rotatable bonds is 22. The number of carboxylic acid groups (broad SMARTS) is 1. The fraction of sp³-hybridized carbons (Fsp3) is 0.595. The molecule has 1 heterocycles. The molecule has 0 aliphatic carbocycles. The molecule has 1 saturated heterocycles. The number of phenolic OH excluding ortho intramolecular Hbond substituents is 1. The predicted octanol–water partition coefficient (Wildman–Crippen LogP) is -2.26. The molecule has 0 saturated carbocycles. The van der Waals surface area contributed by atoms with E-state index < -0.39 is 102 Å². The van der Waals surface area contributed by atoms with Gasteiger partial charge in [-0.2, -0.15) is 0 Å². The Kier molecular flexibility index (Phi) is 18.8. The van der Waals surface area contributed by atoms with E-state index in [2.05, 4.69) is 31.6 Å². The molecule has 316 valence electrons. The Bertz CT molecular complexity index is 1620. The van der Waals surface area contributed by atoms with E-state index >= 15 is 0 Å². The lowest BCUT2D eigenvalue weighted by Crippen LogP contribution is -2.61. The molecule has 2 rings (SSSR count). The van der Waals surface area contributed by atoms with Crippen LogP contribution in [0.2, 0.25) is 0 Å². The van der Waals surface area contributed by atoms with Crippen molar-refractivity contribution in [2.24, 2.45) is 34.0 Å². The van der Waals surface area contributed by atoms with Crippen molar-refractivity contribution in [3.63, 3.8) is 0 Å². The van der Waals surface area contributed by atoms with E-state index in [4.69, 9.17) is 22.3 Å². The summed E-state index contributed by atoms with van der Waals surface area (Å²) >= 11 is 0. The number of carboxylic acids is 1. The number of carbonyl (C=O) groups is 8. The average Bonchev–Trinajstić information content (AvgIpc) is 3.64. The molecule has 0 unspecified atom stereocenters. The number of likely N-dealkylation sites (tertiary alicyclic amines) is 1. The van der Waals surface area contributed by atoms with Crippen LogP contribution in [0.3, 0.4) is 0 Å². The molecule has 6 amide bonds. The number of phenols is 1. The SMILES string of the molecule is CC(C)[C@H](NC(=O)[C@H](C)NC(=O)[C@H](Cc1ccc(O)cc1)NC(=O)[C@@H](N)CCCN=C(N)N)C(=O)N[C@H](C(=O)N1CCC[C@H]1C(=O)N[C@H](C=O)CC(=O)O)C(C)C. The zero-order chi connectivity index (χ0) is 43.0. The van der Waals surface area contributed by atoms with Crippen molar-refractivity contribution >= 4 is 53.7 Å². The number of guanidine groups is 1. The first-order valence-corrected chi connectivity index (χ1v) is 18.8. The third kappa shape index (κ3) is 15.3. The maximum atomic E-state index is 13.8. The van der Waals surface area contributed by atoms with E-state index in [-0.39, 0.29) is 44.1 Å². The second kappa shape index (κ2) is 22.7. The molecule has 1 aliphatic heterocycles. The van der Waals surface area contributed by atoms with Crippen LogP contribution in [0, 0.1) is 11.8 Å². The minimum Gasteiger partial charge on any atom is -0.508 e. The normalized spacial score (nSPS) is 16.9. The van der Waals surface area contributed by atoms with E-state index in [0.29, 0.717) is 24.7 Å². The van der Waals surface area contributed by atoms with Gasteiger partial charge < -0.3 is 63.7 Å². The number of aromatic hydroxyl groups is 1. The lowest BCUT2D eigenvalue weighted by molar-refractivity contribution is -0.144. The first kappa shape index (κ1) is 47.4. The van der Waals surface area contributed by atoms with E-state index in [0.717, 1.165) is 0 Å². The van der Waals surface area contributed by atoms with Gasteiger partial charge in [0.2, 0.25) is 35.4 Å². The minimum absolute atomic E-state index is 0.00363. The van der Waals surface area contributed by atoms with Gasteiger partial charge in [-0.25, -0.2) is 0 Å². The van der Waals surface area contributed by atoms with Gasteiger partial charge >= 0.3 is 5.97 Å². The zero-order valence-corrected chi connectivity index (χ0v) is 33.0. The van der Waals surface area contributed by atoms with Crippen LogP contribution in [-0.2, 0) is 44.8 Å². The highest BCUT2D eigenvalue weighted by Crippen LogP contribution is 2.21. The van der Waals surface area contributed by atoms with Crippen molar-refractivity contribution in [2.45, 2.75) is 115 Å². The van der Waals surface area contributed by atoms with Crippen LogP contribution in [0.1, 0.15) is 72.3 Å². The highest BCUT2D eigenvalue weighted by Gasteiger charge is 2.40. The lowest BCUT2D eigenvalue weighted by atomic mass is 9.98. The minimum atomic E-state index is -1.29.